The minimum Gasteiger partial charge on any atom is -0.396 e. The maximum absolute atomic E-state index is 8.81. The van der Waals surface area contributed by atoms with Crippen molar-refractivity contribution < 1.29 is 5.11 Å². The summed E-state index contributed by atoms with van der Waals surface area (Å²) in [4.78, 5) is 2.62. The van der Waals surface area contributed by atoms with Crippen molar-refractivity contribution >= 4 is 0 Å². The standard InChI is InChI=1S/C12H25NO/c1-11(2)7-9-13-8-3-5-12(13)6-4-10-14/h11-12,14H,3-10H2,1-2H3. The first-order valence-electron chi connectivity index (χ1n) is 6.09. The van der Waals surface area contributed by atoms with Gasteiger partial charge in [0, 0.05) is 12.6 Å². The fourth-order valence-corrected chi connectivity index (χ4v) is 2.27. The molecule has 0 saturated carbocycles. The molecule has 1 unspecified atom stereocenters. The highest BCUT2D eigenvalue weighted by atomic mass is 16.2. The van der Waals surface area contributed by atoms with Gasteiger partial charge in [-0.05, 0) is 51.1 Å². The highest BCUT2D eigenvalue weighted by Crippen LogP contribution is 2.21. The lowest BCUT2D eigenvalue weighted by atomic mass is 10.1. The van der Waals surface area contributed by atoms with Crippen LogP contribution in [0.3, 0.4) is 0 Å². The summed E-state index contributed by atoms with van der Waals surface area (Å²) < 4.78 is 0. The van der Waals surface area contributed by atoms with E-state index in [0.717, 1.165) is 18.4 Å². The third-order valence-electron chi connectivity index (χ3n) is 3.19. The molecule has 1 aliphatic rings. The average Bonchev–Trinajstić information content (AvgIpc) is 2.58. The van der Waals surface area contributed by atoms with Gasteiger partial charge < -0.3 is 10.0 Å². The normalized spacial score (nSPS) is 23.6. The Morgan fingerprint density at radius 2 is 2.21 bits per heavy atom. The largest absolute Gasteiger partial charge is 0.396 e. The summed E-state index contributed by atoms with van der Waals surface area (Å²) in [5.74, 6) is 0.814. The molecule has 1 N–H and O–H groups in total. The van der Waals surface area contributed by atoms with E-state index >= 15 is 0 Å². The predicted octanol–water partition coefficient (Wildman–Crippen LogP) is 2.27. The molecule has 0 aliphatic carbocycles. The second-order valence-corrected chi connectivity index (χ2v) is 4.88. The maximum atomic E-state index is 8.81. The lowest BCUT2D eigenvalue weighted by Crippen LogP contribution is -2.31. The molecule has 0 aromatic rings. The summed E-state index contributed by atoms with van der Waals surface area (Å²) >= 11 is 0. The molecule has 0 spiro atoms. The molecule has 1 aliphatic heterocycles. The number of aliphatic hydroxyl groups excluding tert-OH is 1. The van der Waals surface area contributed by atoms with Crippen LogP contribution in [0.5, 0.6) is 0 Å². The van der Waals surface area contributed by atoms with Crippen LogP contribution in [-0.2, 0) is 0 Å². The van der Waals surface area contributed by atoms with E-state index in [1.165, 1.54) is 38.8 Å². The highest BCUT2D eigenvalue weighted by Gasteiger charge is 2.23. The van der Waals surface area contributed by atoms with Gasteiger partial charge in [-0.2, -0.15) is 0 Å². The zero-order valence-corrected chi connectivity index (χ0v) is 9.71. The van der Waals surface area contributed by atoms with E-state index < -0.39 is 0 Å². The minimum absolute atomic E-state index is 0.356. The van der Waals surface area contributed by atoms with Gasteiger partial charge in [-0.25, -0.2) is 0 Å². The first kappa shape index (κ1) is 12.0. The Bertz CT molecular complexity index is 147. The zero-order valence-electron chi connectivity index (χ0n) is 9.71. The number of hydrogen-bond donors (Lipinski definition) is 1. The van der Waals surface area contributed by atoms with Crippen molar-refractivity contribution in [2.75, 3.05) is 19.7 Å². The molecule has 14 heavy (non-hydrogen) atoms. The molecular formula is C12H25NO. The second kappa shape index (κ2) is 6.41. The number of hydrogen-bond acceptors (Lipinski definition) is 2. The quantitative estimate of drug-likeness (QED) is 0.709. The van der Waals surface area contributed by atoms with Crippen molar-refractivity contribution in [3.63, 3.8) is 0 Å². The first-order valence-corrected chi connectivity index (χ1v) is 6.09. The molecular weight excluding hydrogens is 174 g/mol. The lowest BCUT2D eigenvalue weighted by molar-refractivity contribution is 0.208. The smallest absolute Gasteiger partial charge is 0.0431 e. The van der Waals surface area contributed by atoms with E-state index in [-0.39, 0.29) is 0 Å². The van der Waals surface area contributed by atoms with Crippen molar-refractivity contribution in [1.82, 2.24) is 4.90 Å². The van der Waals surface area contributed by atoms with Gasteiger partial charge in [-0.3, -0.25) is 0 Å². The predicted molar refractivity (Wildman–Crippen MR) is 60.4 cm³/mol. The van der Waals surface area contributed by atoms with E-state index in [4.69, 9.17) is 5.11 Å². The van der Waals surface area contributed by atoms with E-state index in [0.29, 0.717) is 6.61 Å². The SMILES string of the molecule is CC(C)CCN1CCCC1CCCO. The van der Waals surface area contributed by atoms with Gasteiger partial charge in [0.05, 0.1) is 0 Å². The summed E-state index contributed by atoms with van der Waals surface area (Å²) in [6, 6.07) is 0.765. The third kappa shape index (κ3) is 3.97. The van der Waals surface area contributed by atoms with Crippen LogP contribution in [0.1, 0.15) is 46.0 Å². The third-order valence-corrected chi connectivity index (χ3v) is 3.19. The Labute approximate surface area is 88.3 Å². The van der Waals surface area contributed by atoms with E-state index in [2.05, 4.69) is 18.7 Å². The molecule has 1 rings (SSSR count). The average molecular weight is 199 g/mol. The van der Waals surface area contributed by atoms with Crippen LogP contribution < -0.4 is 0 Å². The molecule has 0 radical (unpaired) electrons. The Hall–Kier alpha value is -0.0800. The van der Waals surface area contributed by atoms with Gasteiger partial charge >= 0.3 is 0 Å². The van der Waals surface area contributed by atoms with E-state index in [1.54, 1.807) is 0 Å². The van der Waals surface area contributed by atoms with Gasteiger partial charge in [-0.15, -0.1) is 0 Å². The Balaban J connectivity index is 2.21. The van der Waals surface area contributed by atoms with Gasteiger partial charge in [0.2, 0.25) is 0 Å². The summed E-state index contributed by atoms with van der Waals surface area (Å²) in [7, 11) is 0. The van der Waals surface area contributed by atoms with Crippen LogP contribution in [0.4, 0.5) is 0 Å². The Kier molecular flexibility index (Phi) is 5.49. The Morgan fingerprint density at radius 1 is 1.43 bits per heavy atom. The minimum atomic E-state index is 0.356. The van der Waals surface area contributed by atoms with Crippen molar-refractivity contribution in [2.24, 2.45) is 5.92 Å². The topological polar surface area (TPSA) is 23.5 Å². The van der Waals surface area contributed by atoms with Gasteiger partial charge in [0.15, 0.2) is 0 Å². The maximum Gasteiger partial charge on any atom is 0.0431 e. The molecule has 1 fully saturated rings. The van der Waals surface area contributed by atoms with E-state index in [9.17, 15) is 0 Å². The number of nitrogens with zero attached hydrogens (tertiary/aromatic N) is 1. The number of rotatable bonds is 6. The molecule has 84 valence electrons. The lowest BCUT2D eigenvalue weighted by Gasteiger charge is -2.24. The molecule has 0 amide bonds. The van der Waals surface area contributed by atoms with E-state index in [1.807, 2.05) is 0 Å². The molecule has 0 aromatic carbocycles. The van der Waals surface area contributed by atoms with Gasteiger partial charge in [-0.1, -0.05) is 13.8 Å². The van der Waals surface area contributed by atoms with Crippen LogP contribution in [0.25, 0.3) is 0 Å². The Morgan fingerprint density at radius 3 is 2.86 bits per heavy atom. The van der Waals surface area contributed by atoms with Crippen molar-refractivity contribution in [3.05, 3.63) is 0 Å². The highest BCUT2D eigenvalue weighted by molar-refractivity contribution is 4.78. The molecule has 2 heteroatoms. The molecule has 1 heterocycles. The number of likely N-dealkylation sites (tertiary alicyclic amines) is 1. The van der Waals surface area contributed by atoms with Crippen molar-refractivity contribution in [1.29, 1.82) is 0 Å². The zero-order chi connectivity index (χ0) is 10.4. The summed E-state index contributed by atoms with van der Waals surface area (Å²) in [6.45, 7) is 7.47. The fraction of sp³-hybridized carbons (Fsp3) is 1.00. The molecule has 1 saturated heterocycles. The van der Waals surface area contributed by atoms with Crippen molar-refractivity contribution in [2.45, 2.75) is 52.0 Å². The molecule has 1 atom stereocenters. The summed E-state index contributed by atoms with van der Waals surface area (Å²) in [5.41, 5.74) is 0. The monoisotopic (exact) mass is 199 g/mol. The number of aliphatic hydroxyl groups is 1. The molecule has 0 aromatic heterocycles. The van der Waals surface area contributed by atoms with Crippen LogP contribution in [0.2, 0.25) is 0 Å². The molecule has 0 bridgehead atoms. The fourth-order valence-electron chi connectivity index (χ4n) is 2.27. The van der Waals surface area contributed by atoms with Gasteiger partial charge in [0.25, 0.3) is 0 Å². The van der Waals surface area contributed by atoms with Crippen LogP contribution in [0.15, 0.2) is 0 Å². The second-order valence-electron chi connectivity index (χ2n) is 4.88. The van der Waals surface area contributed by atoms with Crippen LogP contribution in [-0.4, -0.2) is 35.7 Å². The van der Waals surface area contributed by atoms with Gasteiger partial charge in [0.1, 0.15) is 0 Å². The molecule has 2 nitrogen and oxygen atoms in total. The van der Waals surface area contributed by atoms with Crippen molar-refractivity contribution in [3.8, 4) is 0 Å². The summed E-state index contributed by atoms with van der Waals surface area (Å²) in [6.07, 6.45) is 6.18. The van der Waals surface area contributed by atoms with Crippen LogP contribution >= 0.6 is 0 Å². The van der Waals surface area contributed by atoms with Crippen LogP contribution in [0, 0.1) is 5.92 Å². The summed E-state index contributed by atoms with van der Waals surface area (Å²) in [5, 5.41) is 8.81. The first-order chi connectivity index (χ1) is 6.74.